The van der Waals surface area contributed by atoms with Crippen LogP contribution < -0.4 is 5.32 Å². The number of benzene rings is 1. The van der Waals surface area contributed by atoms with Gasteiger partial charge in [-0.3, -0.25) is 4.79 Å². The van der Waals surface area contributed by atoms with Crippen molar-refractivity contribution in [3.05, 3.63) is 46.3 Å². The van der Waals surface area contributed by atoms with Gasteiger partial charge in [0.05, 0.1) is 23.4 Å². The van der Waals surface area contributed by atoms with Crippen molar-refractivity contribution < 1.29 is 19.2 Å². The topological polar surface area (TPSA) is 92.4 Å². The molecule has 0 saturated heterocycles. The summed E-state index contributed by atoms with van der Waals surface area (Å²) in [4.78, 5) is 23.4. The monoisotopic (exact) mass is 288 g/mol. The third-order valence-corrected chi connectivity index (χ3v) is 3.28. The number of nitrogens with zero attached hydrogens (tertiary/aromatic N) is 1. The molecule has 0 spiro atoms. The molecule has 0 aliphatic heterocycles. The highest BCUT2D eigenvalue weighted by Crippen LogP contribution is 2.20. The average Bonchev–Trinajstić information content (AvgIpc) is 2.70. The molecule has 1 aromatic carbocycles. The van der Waals surface area contributed by atoms with Crippen molar-refractivity contribution in [1.29, 1.82) is 0 Å². The van der Waals surface area contributed by atoms with Crippen molar-refractivity contribution in [1.82, 2.24) is 5.16 Å². The second kappa shape index (κ2) is 5.78. The standard InChI is InChI=1S/C15H16N2O4/c1-8-5-4-6-12(14(8)15(19)20)16-13(18)7-11-9(2)17-21-10(11)3/h4-6H,7H2,1-3H3,(H,16,18)(H,19,20). The third kappa shape index (κ3) is 3.10. The zero-order valence-corrected chi connectivity index (χ0v) is 12.1. The molecule has 6 nitrogen and oxygen atoms in total. The molecule has 0 saturated carbocycles. The lowest BCUT2D eigenvalue weighted by atomic mass is 10.1. The molecule has 21 heavy (non-hydrogen) atoms. The van der Waals surface area contributed by atoms with Gasteiger partial charge in [-0.1, -0.05) is 17.3 Å². The average molecular weight is 288 g/mol. The Hall–Kier alpha value is -2.63. The van der Waals surface area contributed by atoms with Crippen LogP contribution in [0.5, 0.6) is 0 Å². The fourth-order valence-corrected chi connectivity index (χ4v) is 2.17. The quantitative estimate of drug-likeness (QED) is 0.901. The van der Waals surface area contributed by atoms with Crippen molar-refractivity contribution >= 4 is 17.6 Å². The Morgan fingerprint density at radius 2 is 2.00 bits per heavy atom. The number of aromatic carboxylic acids is 1. The fourth-order valence-electron chi connectivity index (χ4n) is 2.17. The van der Waals surface area contributed by atoms with Crippen LogP contribution in [-0.4, -0.2) is 22.1 Å². The number of aryl methyl sites for hydroxylation is 3. The number of carboxylic acids is 1. The zero-order valence-electron chi connectivity index (χ0n) is 12.1. The van der Waals surface area contributed by atoms with Crippen LogP contribution in [0, 0.1) is 20.8 Å². The lowest BCUT2D eigenvalue weighted by molar-refractivity contribution is -0.115. The highest BCUT2D eigenvalue weighted by atomic mass is 16.5. The van der Waals surface area contributed by atoms with Crippen LogP contribution in [0.1, 0.15) is 32.9 Å². The van der Waals surface area contributed by atoms with E-state index in [1.165, 1.54) is 0 Å². The van der Waals surface area contributed by atoms with Crippen LogP contribution >= 0.6 is 0 Å². The van der Waals surface area contributed by atoms with E-state index in [2.05, 4.69) is 10.5 Å². The number of hydrogen-bond acceptors (Lipinski definition) is 4. The number of amides is 1. The van der Waals surface area contributed by atoms with E-state index in [0.717, 1.165) is 5.56 Å². The first-order valence-electron chi connectivity index (χ1n) is 6.44. The summed E-state index contributed by atoms with van der Waals surface area (Å²) >= 11 is 0. The SMILES string of the molecule is Cc1cccc(NC(=O)Cc2c(C)noc2C)c1C(=O)O. The van der Waals surface area contributed by atoms with Crippen LogP contribution in [0.15, 0.2) is 22.7 Å². The van der Waals surface area contributed by atoms with Gasteiger partial charge in [0.2, 0.25) is 5.91 Å². The smallest absolute Gasteiger partial charge is 0.338 e. The minimum atomic E-state index is -1.07. The Morgan fingerprint density at radius 3 is 2.57 bits per heavy atom. The Kier molecular flexibility index (Phi) is 4.07. The van der Waals surface area contributed by atoms with Gasteiger partial charge in [-0.05, 0) is 32.4 Å². The van der Waals surface area contributed by atoms with E-state index < -0.39 is 5.97 Å². The van der Waals surface area contributed by atoms with Gasteiger partial charge < -0.3 is 14.9 Å². The largest absolute Gasteiger partial charge is 0.478 e. The summed E-state index contributed by atoms with van der Waals surface area (Å²) in [5, 5.41) is 15.7. The molecule has 110 valence electrons. The van der Waals surface area contributed by atoms with Gasteiger partial charge in [-0.25, -0.2) is 4.79 Å². The van der Waals surface area contributed by atoms with Gasteiger partial charge in [-0.15, -0.1) is 0 Å². The van der Waals surface area contributed by atoms with Gasteiger partial charge in [0.15, 0.2) is 0 Å². The summed E-state index contributed by atoms with van der Waals surface area (Å²) in [5.41, 5.74) is 2.36. The van der Waals surface area contributed by atoms with E-state index in [0.29, 0.717) is 22.7 Å². The Balaban J connectivity index is 2.21. The van der Waals surface area contributed by atoms with Crippen LogP contribution in [0.3, 0.4) is 0 Å². The molecule has 0 bridgehead atoms. The number of hydrogen-bond donors (Lipinski definition) is 2. The van der Waals surface area contributed by atoms with E-state index in [9.17, 15) is 14.7 Å². The van der Waals surface area contributed by atoms with E-state index >= 15 is 0 Å². The van der Waals surface area contributed by atoms with Crippen molar-refractivity contribution in [3.63, 3.8) is 0 Å². The molecule has 0 radical (unpaired) electrons. The van der Waals surface area contributed by atoms with Gasteiger partial charge in [0.1, 0.15) is 5.76 Å². The summed E-state index contributed by atoms with van der Waals surface area (Å²) in [5.74, 6) is -0.788. The van der Waals surface area contributed by atoms with Gasteiger partial charge in [0, 0.05) is 5.56 Å². The second-order valence-corrected chi connectivity index (χ2v) is 4.83. The number of rotatable bonds is 4. The molecule has 1 aromatic heterocycles. The molecule has 2 rings (SSSR count). The maximum absolute atomic E-state index is 12.1. The second-order valence-electron chi connectivity index (χ2n) is 4.83. The zero-order chi connectivity index (χ0) is 15.6. The first-order chi connectivity index (χ1) is 9.90. The first kappa shape index (κ1) is 14.8. The van der Waals surface area contributed by atoms with Gasteiger partial charge in [-0.2, -0.15) is 0 Å². The number of aromatic nitrogens is 1. The normalized spacial score (nSPS) is 10.4. The predicted octanol–water partition coefficient (Wildman–Crippen LogP) is 2.48. The lowest BCUT2D eigenvalue weighted by Gasteiger charge is -2.10. The Labute approximate surface area is 121 Å². The molecule has 0 fully saturated rings. The molecule has 1 heterocycles. The van der Waals surface area contributed by atoms with E-state index in [1.54, 1.807) is 39.0 Å². The maximum Gasteiger partial charge on any atom is 0.338 e. The first-order valence-corrected chi connectivity index (χ1v) is 6.44. The van der Waals surface area contributed by atoms with Crippen molar-refractivity contribution in [2.24, 2.45) is 0 Å². The van der Waals surface area contributed by atoms with E-state index in [-0.39, 0.29) is 17.9 Å². The maximum atomic E-state index is 12.1. The molecule has 0 aliphatic rings. The van der Waals surface area contributed by atoms with Crippen LogP contribution in [-0.2, 0) is 11.2 Å². The Bertz CT molecular complexity index is 684. The molecule has 0 unspecified atom stereocenters. The van der Waals surface area contributed by atoms with Gasteiger partial charge >= 0.3 is 5.97 Å². The van der Waals surface area contributed by atoms with Crippen LogP contribution in [0.25, 0.3) is 0 Å². The summed E-state index contributed by atoms with van der Waals surface area (Å²) in [6, 6.07) is 4.96. The highest BCUT2D eigenvalue weighted by Gasteiger charge is 2.17. The Morgan fingerprint density at radius 1 is 1.29 bits per heavy atom. The lowest BCUT2D eigenvalue weighted by Crippen LogP contribution is -2.18. The molecule has 0 atom stereocenters. The molecule has 6 heteroatoms. The van der Waals surface area contributed by atoms with Crippen molar-refractivity contribution in [2.75, 3.05) is 5.32 Å². The minimum Gasteiger partial charge on any atom is -0.478 e. The van der Waals surface area contributed by atoms with Crippen molar-refractivity contribution in [3.8, 4) is 0 Å². The summed E-state index contributed by atoms with van der Waals surface area (Å²) in [6.07, 6.45) is 0.0914. The molecule has 2 N–H and O–H groups in total. The summed E-state index contributed by atoms with van der Waals surface area (Å²) in [7, 11) is 0. The molecular weight excluding hydrogens is 272 g/mol. The fraction of sp³-hybridized carbons (Fsp3) is 0.267. The highest BCUT2D eigenvalue weighted by molar-refractivity contribution is 6.02. The molecule has 0 aliphatic carbocycles. The van der Waals surface area contributed by atoms with E-state index in [1.807, 2.05) is 0 Å². The predicted molar refractivity (Wildman–Crippen MR) is 76.4 cm³/mol. The number of nitrogens with one attached hydrogen (secondary N) is 1. The van der Waals surface area contributed by atoms with Crippen molar-refractivity contribution in [2.45, 2.75) is 27.2 Å². The molecule has 1 amide bonds. The number of carbonyl (C=O) groups is 2. The third-order valence-electron chi connectivity index (χ3n) is 3.28. The molecule has 2 aromatic rings. The minimum absolute atomic E-state index is 0.0914. The van der Waals surface area contributed by atoms with E-state index in [4.69, 9.17) is 4.52 Å². The summed E-state index contributed by atoms with van der Waals surface area (Å²) in [6.45, 7) is 5.18. The summed E-state index contributed by atoms with van der Waals surface area (Å²) < 4.78 is 5.00. The number of carbonyl (C=O) groups excluding carboxylic acids is 1. The number of anilines is 1. The van der Waals surface area contributed by atoms with Crippen LogP contribution in [0.4, 0.5) is 5.69 Å². The van der Waals surface area contributed by atoms with Gasteiger partial charge in [0.25, 0.3) is 0 Å². The molecular formula is C15H16N2O4. The van der Waals surface area contributed by atoms with Crippen LogP contribution in [0.2, 0.25) is 0 Å². The number of carboxylic acid groups (broad SMARTS) is 1.